The van der Waals surface area contributed by atoms with Crippen LogP contribution in [0.25, 0.3) is 0 Å². The maximum Gasteiger partial charge on any atom is 0.284 e. The van der Waals surface area contributed by atoms with E-state index in [9.17, 15) is 19.3 Å². The Morgan fingerprint density at radius 2 is 1.75 bits per heavy atom. The molecule has 3 aromatic carbocycles. The summed E-state index contributed by atoms with van der Waals surface area (Å²) in [4.78, 5) is 24.7. The zero-order valence-electron chi connectivity index (χ0n) is 15.0. The summed E-state index contributed by atoms with van der Waals surface area (Å²) >= 11 is 1.27. The minimum Gasteiger partial charge on any atom is -0.348 e. The van der Waals surface area contributed by atoms with E-state index in [0.29, 0.717) is 4.90 Å². The van der Waals surface area contributed by atoms with Crippen molar-refractivity contribution in [1.29, 1.82) is 0 Å². The van der Waals surface area contributed by atoms with E-state index >= 15 is 0 Å². The number of benzene rings is 3. The lowest BCUT2D eigenvalue weighted by atomic mass is 10.1. The SMILES string of the molecule is Cc1ccc(Sc2ccc(C(=O)NCc3ccc(F)cc3)cc2[N+](=O)[O-])cc1. The maximum absolute atomic E-state index is 12.9. The van der Waals surface area contributed by atoms with Gasteiger partial charge < -0.3 is 5.32 Å². The smallest absolute Gasteiger partial charge is 0.284 e. The van der Waals surface area contributed by atoms with Crippen LogP contribution in [-0.2, 0) is 6.54 Å². The molecule has 0 unspecified atom stereocenters. The average molecular weight is 396 g/mol. The number of nitrogens with one attached hydrogen (secondary N) is 1. The van der Waals surface area contributed by atoms with Crippen molar-refractivity contribution in [3.05, 3.63) is 99.4 Å². The number of nitrogens with zero attached hydrogens (tertiary/aromatic N) is 1. The molecule has 0 saturated carbocycles. The Hall–Kier alpha value is -3.19. The molecule has 0 fully saturated rings. The number of nitro groups is 1. The Bertz CT molecular complexity index is 1010. The third-order valence-corrected chi connectivity index (χ3v) is 5.11. The number of rotatable bonds is 6. The summed E-state index contributed by atoms with van der Waals surface area (Å²) in [5, 5.41) is 14.2. The molecule has 3 aromatic rings. The van der Waals surface area contributed by atoms with Crippen LogP contribution in [0.5, 0.6) is 0 Å². The van der Waals surface area contributed by atoms with Gasteiger partial charge in [0.05, 0.1) is 9.82 Å². The van der Waals surface area contributed by atoms with Crippen LogP contribution in [0.15, 0.2) is 76.5 Å². The summed E-state index contributed by atoms with van der Waals surface area (Å²) in [6.45, 7) is 2.17. The lowest BCUT2D eigenvalue weighted by Gasteiger charge is -2.08. The quantitative estimate of drug-likeness (QED) is 0.463. The summed E-state index contributed by atoms with van der Waals surface area (Å²) in [6, 6.07) is 17.8. The van der Waals surface area contributed by atoms with Gasteiger partial charge in [-0.25, -0.2) is 4.39 Å². The highest BCUT2D eigenvalue weighted by Crippen LogP contribution is 2.35. The van der Waals surface area contributed by atoms with Gasteiger partial charge in [0.1, 0.15) is 5.82 Å². The van der Waals surface area contributed by atoms with Crippen molar-refractivity contribution in [3.8, 4) is 0 Å². The van der Waals surface area contributed by atoms with E-state index in [4.69, 9.17) is 0 Å². The van der Waals surface area contributed by atoms with E-state index < -0.39 is 10.8 Å². The number of halogens is 1. The first-order chi connectivity index (χ1) is 13.4. The van der Waals surface area contributed by atoms with Crippen molar-refractivity contribution in [2.75, 3.05) is 0 Å². The predicted molar refractivity (Wildman–Crippen MR) is 106 cm³/mol. The van der Waals surface area contributed by atoms with E-state index in [-0.39, 0.29) is 23.6 Å². The lowest BCUT2D eigenvalue weighted by molar-refractivity contribution is -0.387. The molecule has 0 radical (unpaired) electrons. The molecule has 0 atom stereocenters. The molecule has 0 aliphatic heterocycles. The van der Waals surface area contributed by atoms with Gasteiger partial charge in [-0.2, -0.15) is 0 Å². The number of carbonyl (C=O) groups excluding carboxylic acids is 1. The van der Waals surface area contributed by atoms with Crippen molar-refractivity contribution in [3.63, 3.8) is 0 Å². The minimum atomic E-state index is -0.493. The molecule has 3 rings (SSSR count). The first-order valence-corrected chi connectivity index (χ1v) is 9.29. The molecule has 5 nitrogen and oxygen atoms in total. The van der Waals surface area contributed by atoms with Gasteiger partial charge in [0, 0.05) is 23.1 Å². The standard InChI is InChI=1S/C21H17FN2O3S/c1-14-2-9-18(10-3-14)28-20-11-6-16(12-19(20)24(26)27)21(25)23-13-15-4-7-17(22)8-5-15/h2-12H,13H2,1H3,(H,23,25). The summed E-state index contributed by atoms with van der Waals surface area (Å²) in [7, 11) is 0. The molecule has 0 bridgehead atoms. The molecule has 0 aromatic heterocycles. The first-order valence-electron chi connectivity index (χ1n) is 8.48. The Morgan fingerprint density at radius 1 is 1.07 bits per heavy atom. The Kier molecular flexibility index (Phi) is 6.06. The average Bonchev–Trinajstić information content (AvgIpc) is 2.69. The topological polar surface area (TPSA) is 72.2 Å². The van der Waals surface area contributed by atoms with Gasteiger partial charge in [-0.05, 0) is 48.9 Å². The third kappa shape index (κ3) is 4.95. The maximum atomic E-state index is 12.9. The fourth-order valence-electron chi connectivity index (χ4n) is 2.51. The predicted octanol–water partition coefficient (Wildman–Crippen LogP) is 5.12. The lowest BCUT2D eigenvalue weighted by Crippen LogP contribution is -2.22. The Balaban J connectivity index is 1.75. The highest BCUT2D eigenvalue weighted by Gasteiger charge is 2.18. The van der Waals surface area contributed by atoms with E-state index in [0.717, 1.165) is 16.0 Å². The van der Waals surface area contributed by atoms with Crippen molar-refractivity contribution in [2.45, 2.75) is 23.3 Å². The highest BCUT2D eigenvalue weighted by atomic mass is 32.2. The van der Waals surface area contributed by atoms with Gasteiger partial charge in [0.2, 0.25) is 0 Å². The van der Waals surface area contributed by atoms with Crippen LogP contribution >= 0.6 is 11.8 Å². The molecular formula is C21H17FN2O3S. The molecule has 0 saturated heterocycles. The van der Waals surface area contributed by atoms with Crippen LogP contribution in [0.4, 0.5) is 10.1 Å². The van der Waals surface area contributed by atoms with E-state index in [1.54, 1.807) is 24.3 Å². The molecule has 0 aliphatic rings. The first kappa shape index (κ1) is 19.6. The van der Waals surface area contributed by atoms with Gasteiger partial charge in [-0.3, -0.25) is 14.9 Å². The van der Waals surface area contributed by atoms with E-state index in [1.807, 2.05) is 31.2 Å². The van der Waals surface area contributed by atoms with E-state index in [1.165, 1.54) is 30.0 Å². The Labute approximate surface area is 165 Å². The molecule has 1 N–H and O–H groups in total. The van der Waals surface area contributed by atoms with Crippen molar-refractivity contribution >= 4 is 23.4 Å². The summed E-state index contributed by atoms with van der Waals surface area (Å²) < 4.78 is 12.9. The number of hydrogen-bond acceptors (Lipinski definition) is 4. The van der Waals surface area contributed by atoms with E-state index in [2.05, 4.69) is 5.32 Å². The van der Waals surface area contributed by atoms with Gasteiger partial charge in [-0.15, -0.1) is 0 Å². The number of aryl methyl sites for hydroxylation is 1. The molecular weight excluding hydrogens is 379 g/mol. The van der Waals surface area contributed by atoms with Crippen LogP contribution in [0.2, 0.25) is 0 Å². The molecule has 1 amide bonds. The Morgan fingerprint density at radius 3 is 2.39 bits per heavy atom. The largest absolute Gasteiger partial charge is 0.348 e. The molecule has 7 heteroatoms. The number of amides is 1. The second-order valence-electron chi connectivity index (χ2n) is 6.16. The zero-order valence-corrected chi connectivity index (χ0v) is 15.8. The second kappa shape index (κ2) is 8.67. The van der Waals surface area contributed by atoms with Gasteiger partial charge in [-0.1, -0.05) is 41.6 Å². The number of carbonyl (C=O) groups is 1. The monoisotopic (exact) mass is 396 g/mol. The zero-order chi connectivity index (χ0) is 20.1. The van der Waals surface area contributed by atoms with Gasteiger partial charge in [0.15, 0.2) is 0 Å². The van der Waals surface area contributed by atoms with Crippen molar-refractivity contribution in [1.82, 2.24) is 5.32 Å². The van der Waals surface area contributed by atoms with Crippen molar-refractivity contribution in [2.24, 2.45) is 0 Å². The number of hydrogen-bond donors (Lipinski definition) is 1. The van der Waals surface area contributed by atoms with Gasteiger partial charge >= 0.3 is 0 Å². The fourth-order valence-corrected chi connectivity index (χ4v) is 3.41. The third-order valence-electron chi connectivity index (χ3n) is 4.03. The molecule has 0 spiro atoms. The normalized spacial score (nSPS) is 10.5. The van der Waals surface area contributed by atoms with Crippen LogP contribution in [-0.4, -0.2) is 10.8 Å². The minimum absolute atomic E-state index is 0.125. The van der Waals surface area contributed by atoms with Crippen molar-refractivity contribution < 1.29 is 14.1 Å². The molecule has 28 heavy (non-hydrogen) atoms. The highest BCUT2D eigenvalue weighted by molar-refractivity contribution is 7.99. The summed E-state index contributed by atoms with van der Waals surface area (Å²) in [6.07, 6.45) is 0. The van der Waals surface area contributed by atoms with Gasteiger partial charge in [0.25, 0.3) is 11.6 Å². The van der Waals surface area contributed by atoms with Crippen LogP contribution in [0, 0.1) is 22.9 Å². The second-order valence-corrected chi connectivity index (χ2v) is 7.28. The molecule has 0 aliphatic carbocycles. The summed E-state index contributed by atoms with van der Waals surface area (Å²) in [5.74, 6) is -0.785. The molecule has 0 heterocycles. The fraction of sp³-hybridized carbons (Fsp3) is 0.0952. The van der Waals surface area contributed by atoms with Crippen LogP contribution < -0.4 is 5.32 Å². The van der Waals surface area contributed by atoms with Crippen LogP contribution in [0.3, 0.4) is 0 Å². The van der Waals surface area contributed by atoms with Crippen LogP contribution in [0.1, 0.15) is 21.5 Å². The number of nitro benzene ring substituents is 1. The summed E-state index contributed by atoms with van der Waals surface area (Å²) in [5.41, 5.74) is 1.91. The molecule has 142 valence electrons.